The van der Waals surface area contributed by atoms with Crippen molar-refractivity contribution >= 4 is 34.7 Å². The summed E-state index contributed by atoms with van der Waals surface area (Å²) in [5.41, 5.74) is 6.12. The number of thiocarbonyl (C=S) groups is 1. The molecule has 1 unspecified atom stereocenters. The Labute approximate surface area is 136 Å². The number of carbonyl (C=O) groups is 1. The van der Waals surface area contributed by atoms with Crippen LogP contribution in [0, 0.1) is 11.3 Å². The van der Waals surface area contributed by atoms with Crippen LogP contribution >= 0.6 is 23.8 Å². The average molecular weight is 325 g/mol. The Morgan fingerprint density at radius 2 is 2.05 bits per heavy atom. The molecule has 2 rings (SSSR count). The van der Waals surface area contributed by atoms with Crippen LogP contribution in [0.25, 0.3) is 0 Å². The van der Waals surface area contributed by atoms with E-state index in [1.807, 2.05) is 31.2 Å². The summed E-state index contributed by atoms with van der Waals surface area (Å²) in [6, 6.07) is 7.46. The van der Waals surface area contributed by atoms with Crippen molar-refractivity contribution in [1.29, 1.82) is 0 Å². The highest BCUT2D eigenvalue weighted by Crippen LogP contribution is 2.48. The molecule has 1 saturated carbocycles. The van der Waals surface area contributed by atoms with Gasteiger partial charge in [-0.05, 0) is 37.3 Å². The molecule has 1 aliphatic rings. The van der Waals surface area contributed by atoms with E-state index in [4.69, 9.17) is 29.6 Å². The van der Waals surface area contributed by atoms with Crippen molar-refractivity contribution in [3.8, 4) is 0 Å². The van der Waals surface area contributed by atoms with Crippen LogP contribution in [0.4, 0.5) is 0 Å². The first kappa shape index (κ1) is 16.2. The maximum absolute atomic E-state index is 12.9. The fourth-order valence-electron chi connectivity index (χ4n) is 3.15. The number of hydrogen-bond acceptors (Lipinski definition) is 2. The van der Waals surface area contributed by atoms with Crippen molar-refractivity contribution < 1.29 is 4.79 Å². The lowest BCUT2D eigenvalue weighted by molar-refractivity contribution is -0.144. The Morgan fingerprint density at radius 3 is 2.52 bits per heavy atom. The molecular formula is C16H21ClN2OS. The third-order valence-electron chi connectivity index (χ3n) is 4.53. The molecule has 1 atom stereocenters. The minimum atomic E-state index is -0.668. The first-order valence-corrected chi connectivity index (χ1v) is 7.90. The molecule has 21 heavy (non-hydrogen) atoms. The summed E-state index contributed by atoms with van der Waals surface area (Å²) in [6.07, 6.45) is 1.47. The topological polar surface area (TPSA) is 46.3 Å². The summed E-state index contributed by atoms with van der Waals surface area (Å²) < 4.78 is 0. The summed E-state index contributed by atoms with van der Waals surface area (Å²) in [5.74, 6) is 0.486. The molecule has 0 aromatic heterocycles. The van der Waals surface area contributed by atoms with Gasteiger partial charge in [-0.3, -0.25) is 4.79 Å². The first-order chi connectivity index (χ1) is 9.79. The van der Waals surface area contributed by atoms with Crippen molar-refractivity contribution in [2.45, 2.75) is 32.7 Å². The third kappa shape index (κ3) is 2.79. The number of halogens is 1. The predicted octanol–water partition coefficient (Wildman–Crippen LogP) is 3.56. The molecule has 0 saturated heterocycles. The minimum Gasteiger partial charge on any atom is -0.392 e. The molecule has 3 nitrogen and oxygen atoms in total. The van der Waals surface area contributed by atoms with E-state index in [0.717, 1.165) is 18.4 Å². The van der Waals surface area contributed by atoms with Crippen molar-refractivity contribution in [3.63, 3.8) is 0 Å². The van der Waals surface area contributed by atoms with Gasteiger partial charge < -0.3 is 10.6 Å². The Kier molecular flexibility index (Phi) is 4.59. The largest absolute Gasteiger partial charge is 0.392 e. The third-order valence-corrected chi connectivity index (χ3v) is 5.27. The van der Waals surface area contributed by atoms with Crippen LogP contribution < -0.4 is 5.73 Å². The molecule has 1 aromatic rings. The van der Waals surface area contributed by atoms with Crippen molar-refractivity contribution in [2.75, 3.05) is 7.05 Å². The zero-order valence-electron chi connectivity index (χ0n) is 12.6. The van der Waals surface area contributed by atoms with Crippen molar-refractivity contribution in [2.24, 2.45) is 17.1 Å². The van der Waals surface area contributed by atoms with E-state index < -0.39 is 5.41 Å². The Morgan fingerprint density at radius 1 is 1.48 bits per heavy atom. The molecule has 0 radical (unpaired) electrons. The Balaban J connectivity index is 2.23. The molecule has 114 valence electrons. The van der Waals surface area contributed by atoms with Gasteiger partial charge in [0.15, 0.2) is 0 Å². The number of benzene rings is 1. The fraction of sp³-hybridized carbons (Fsp3) is 0.500. The first-order valence-electron chi connectivity index (χ1n) is 7.11. The van der Waals surface area contributed by atoms with Gasteiger partial charge in [-0.25, -0.2) is 0 Å². The lowest BCUT2D eigenvalue weighted by Gasteiger charge is -2.47. The fourth-order valence-corrected chi connectivity index (χ4v) is 3.69. The number of nitrogens with two attached hydrogens (primary N) is 1. The highest BCUT2D eigenvalue weighted by Gasteiger charge is 2.52. The van der Waals surface area contributed by atoms with E-state index in [-0.39, 0.29) is 11.9 Å². The molecule has 1 aromatic carbocycles. The molecule has 1 fully saturated rings. The second kappa shape index (κ2) is 5.93. The van der Waals surface area contributed by atoms with Crippen molar-refractivity contribution in [1.82, 2.24) is 4.90 Å². The van der Waals surface area contributed by atoms with Gasteiger partial charge in [0, 0.05) is 12.1 Å². The van der Waals surface area contributed by atoms with Crippen molar-refractivity contribution in [3.05, 3.63) is 34.9 Å². The van der Waals surface area contributed by atoms with E-state index in [9.17, 15) is 4.79 Å². The molecule has 1 aliphatic carbocycles. The summed E-state index contributed by atoms with van der Waals surface area (Å²) in [6.45, 7) is 4.08. The normalized spacial score (nSPS) is 25.8. The SMILES string of the molecule is CC1CC(C(=O)N(C)C(C)c2ccccc2Cl)(C(N)=S)C1. The van der Waals surface area contributed by atoms with Crippen LogP contribution in [0.15, 0.2) is 24.3 Å². The Hall–Kier alpha value is -1.13. The molecule has 0 bridgehead atoms. The number of nitrogens with zero attached hydrogens (tertiary/aromatic N) is 1. The monoisotopic (exact) mass is 324 g/mol. The highest BCUT2D eigenvalue weighted by atomic mass is 35.5. The van der Waals surface area contributed by atoms with Gasteiger partial charge in [-0.15, -0.1) is 0 Å². The number of hydrogen-bond donors (Lipinski definition) is 1. The lowest BCUT2D eigenvalue weighted by atomic mass is 9.61. The zero-order chi connectivity index (χ0) is 15.8. The summed E-state index contributed by atoms with van der Waals surface area (Å²) >= 11 is 11.4. The summed E-state index contributed by atoms with van der Waals surface area (Å²) in [5, 5.41) is 0.663. The van der Waals surface area contributed by atoms with E-state index in [2.05, 4.69) is 6.92 Å². The standard InChI is InChI=1S/C16H21ClN2OS/c1-10-8-16(9-10,14(18)21)15(20)19(3)11(2)12-6-4-5-7-13(12)17/h4-7,10-11H,8-9H2,1-3H3,(H2,18,21). The molecule has 0 spiro atoms. The summed E-state index contributed by atoms with van der Waals surface area (Å²) in [7, 11) is 1.79. The van der Waals surface area contributed by atoms with Gasteiger partial charge in [0.25, 0.3) is 0 Å². The van der Waals surface area contributed by atoms with E-state index in [1.54, 1.807) is 11.9 Å². The lowest BCUT2D eigenvalue weighted by Crippen LogP contribution is -2.56. The van der Waals surface area contributed by atoms with Gasteiger partial charge >= 0.3 is 0 Å². The molecule has 2 N–H and O–H groups in total. The minimum absolute atomic E-state index is 0.000481. The molecule has 0 heterocycles. The quantitative estimate of drug-likeness (QED) is 0.861. The molecule has 1 amide bonds. The molecular weight excluding hydrogens is 304 g/mol. The van der Waals surface area contributed by atoms with Crippen LogP contribution in [0.5, 0.6) is 0 Å². The van der Waals surface area contributed by atoms with Gasteiger partial charge in [0.1, 0.15) is 0 Å². The van der Waals surface area contributed by atoms with Gasteiger partial charge in [-0.2, -0.15) is 0 Å². The Bertz CT molecular complexity index is 569. The smallest absolute Gasteiger partial charge is 0.235 e. The summed E-state index contributed by atoms with van der Waals surface area (Å²) in [4.78, 5) is 14.9. The maximum Gasteiger partial charge on any atom is 0.235 e. The zero-order valence-corrected chi connectivity index (χ0v) is 14.2. The van der Waals surface area contributed by atoms with E-state index in [0.29, 0.717) is 15.9 Å². The number of carbonyl (C=O) groups excluding carboxylic acids is 1. The maximum atomic E-state index is 12.9. The molecule has 0 aliphatic heterocycles. The van der Waals surface area contributed by atoms with Crippen LogP contribution in [0.1, 0.15) is 38.3 Å². The van der Waals surface area contributed by atoms with Gasteiger partial charge in [0.05, 0.1) is 16.4 Å². The average Bonchev–Trinajstić information content (AvgIpc) is 2.41. The van der Waals surface area contributed by atoms with Crippen LogP contribution in [0.2, 0.25) is 5.02 Å². The number of rotatable bonds is 4. The van der Waals surface area contributed by atoms with Crippen LogP contribution in [-0.4, -0.2) is 22.8 Å². The van der Waals surface area contributed by atoms with Gasteiger partial charge in [0.2, 0.25) is 5.91 Å². The predicted molar refractivity (Wildman–Crippen MR) is 90.3 cm³/mol. The van der Waals surface area contributed by atoms with E-state index >= 15 is 0 Å². The number of amides is 1. The van der Waals surface area contributed by atoms with E-state index in [1.165, 1.54) is 0 Å². The van der Waals surface area contributed by atoms with Crippen LogP contribution in [0.3, 0.4) is 0 Å². The second-order valence-corrected chi connectivity index (χ2v) is 6.92. The van der Waals surface area contributed by atoms with Crippen LogP contribution in [-0.2, 0) is 4.79 Å². The molecule has 5 heteroatoms. The highest BCUT2D eigenvalue weighted by molar-refractivity contribution is 7.80. The van der Waals surface area contributed by atoms with Gasteiger partial charge in [-0.1, -0.05) is 48.9 Å². The second-order valence-electron chi connectivity index (χ2n) is 6.07.